The summed E-state index contributed by atoms with van der Waals surface area (Å²) in [5.74, 6) is 0.672. The third kappa shape index (κ3) is 3.62. The van der Waals surface area contributed by atoms with E-state index >= 15 is 0 Å². The van der Waals surface area contributed by atoms with Gasteiger partial charge in [0, 0.05) is 49.0 Å². The van der Waals surface area contributed by atoms with Crippen molar-refractivity contribution in [3.8, 4) is 0 Å². The van der Waals surface area contributed by atoms with E-state index in [0.717, 1.165) is 66.6 Å². The van der Waals surface area contributed by atoms with Crippen LogP contribution in [-0.2, 0) is 13.6 Å². The van der Waals surface area contributed by atoms with Crippen LogP contribution in [-0.4, -0.2) is 70.9 Å². The maximum absolute atomic E-state index is 13.8. The van der Waals surface area contributed by atoms with Gasteiger partial charge in [0.25, 0.3) is 11.8 Å². The van der Waals surface area contributed by atoms with Crippen molar-refractivity contribution in [1.82, 2.24) is 33.9 Å². The SMILES string of the molecule is CCn1c(C(=O)N(C2CC2)C2CC2)cc2c3c(ncn3C)c(Nc3nc(C(=O)N4CCC4)c(C)s3)nc21. The molecule has 4 aromatic heterocycles. The second-order valence-corrected chi connectivity index (χ2v) is 11.6. The fraction of sp³-hybridized carbons (Fsp3) is 0.500. The van der Waals surface area contributed by atoms with Crippen LogP contribution in [0.5, 0.6) is 0 Å². The van der Waals surface area contributed by atoms with Crippen LogP contribution >= 0.6 is 11.3 Å². The number of hydrogen-bond donors (Lipinski definition) is 1. The topological polar surface area (TPSA) is 101 Å². The zero-order valence-corrected chi connectivity index (χ0v) is 22.1. The number of nitrogens with one attached hydrogen (secondary N) is 1. The largest absolute Gasteiger partial charge is 0.337 e. The zero-order valence-electron chi connectivity index (χ0n) is 21.3. The average molecular weight is 519 g/mol. The Hall–Kier alpha value is -3.47. The first-order valence-electron chi connectivity index (χ1n) is 13.1. The van der Waals surface area contributed by atoms with Gasteiger partial charge in [-0.2, -0.15) is 0 Å². The number of aromatic nitrogens is 5. The molecule has 10 nitrogen and oxygen atoms in total. The molecule has 2 aliphatic carbocycles. The third-order valence-corrected chi connectivity index (χ3v) is 8.61. The third-order valence-electron chi connectivity index (χ3n) is 7.72. The van der Waals surface area contributed by atoms with E-state index in [9.17, 15) is 9.59 Å². The lowest BCUT2D eigenvalue weighted by Gasteiger charge is -2.30. The number of imidazole rings is 1. The highest BCUT2D eigenvalue weighted by Gasteiger charge is 2.43. The average Bonchev–Trinajstić information content (AvgIpc) is 3.75. The molecule has 0 aromatic carbocycles. The van der Waals surface area contributed by atoms with Crippen LogP contribution in [0.2, 0.25) is 0 Å². The Labute approximate surface area is 218 Å². The van der Waals surface area contributed by atoms with E-state index in [-0.39, 0.29) is 11.8 Å². The molecule has 2 saturated carbocycles. The summed E-state index contributed by atoms with van der Waals surface area (Å²) in [6.07, 6.45) is 7.21. The summed E-state index contributed by atoms with van der Waals surface area (Å²) in [5, 5.41) is 4.88. The number of nitrogens with zero attached hydrogens (tertiary/aromatic N) is 7. The first kappa shape index (κ1) is 22.7. The molecule has 3 aliphatic rings. The molecule has 7 rings (SSSR count). The van der Waals surface area contributed by atoms with E-state index in [1.165, 1.54) is 11.3 Å². The number of rotatable bonds is 7. The van der Waals surface area contributed by atoms with Crippen LogP contribution in [0.15, 0.2) is 12.4 Å². The fourth-order valence-electron chi connectivity index (χ4n) is 5.38. The number of carbonyl (C=O) groups is 2. The molecule has 192 valence electrons. The minimum absolute atomic E-state index is 0.0154. The first-order valence-corrected chi connectivity index (χ1v) is 14.0. The molecule has 37 heavy (non-hydrogen) atoms. The molecule has 11 heteroatoms. The van der Waals surface area contributed by atoms with E-state index < -0.39 is 0 Å². The molecular formula is C26H30N8O2S. The minimum Gasteiger partial charge on any atom is -0.337 e. The Morgan fingerprint density at radius 3 is 2.51 bits per heavy atom. The van der Waals surface area contributed by atoms with E-state index in [2.05, 4.69) is 27.1 Å². The Bertz CT molecular complexity index is 1560. The van der Waals surface area contributed by atoms with Gasteiger partial charge in [0.15, 0.2) is 10.9 Å². The number of likely N-dealkylation sites (tertiary alicyclic amines) is 1. The Kier molecular flexibility index (Phi) is 5.08. The monoisotopic (exact) mass is 518 g/mol. The van der Waals surface area contributed by atoms with Gasteiger partial charge >= 0.3 is 0 Å². The lowest BCUT2D eigenvalue weighted by Crippen LogP contribution is -2.42. The Morgan fingerprint density at radius 2 is 1.89 bits per heavy atom. The van der Waals surface area contributed by atoms with Crippen molar-refractivity contribution in [2.45, 2.75) is 64.6 Å². The molecule has 0 bridgehead atoms. The number of pyridine rings is 1. The number of thiazole rings is 1. The molecule has 5 heterocycles. The highest BCUT2D eigenvalue weighted by atomic mass is 32.1. The Balaban J connectivity index is 1.31. The normalized spacial score (nSPS) is 17.4. The smallest absolute Gasteiger partial charge is 0.273 e. The van der Waals surface area contributed by atoms with Crippen molar-refractivity contribution < 1.29 is 9.59 Å². The molecule has 0 spiro atoms. The molecule has 1 aliphatic heterocycles. The number of aryl methyl sites for hydroxylation is 3. The molecule has 0 atom stereocenters. The van der Waals surface area contributed by atoms with E-state index in [0.29, 0.717) is 46.5 Å². The molecule has 4 aromatic rings. The highest BCUT2D eigenvalue weighted by molar-refractivity contribution is 7.15. The first-order chi connectivity index (χ1) is 17.9. The second-order valence-electron chi connectivity index (χ2n) is 10.4. The summed E-state index contributed by atoms with van der Waals surface area (Å²) in [7, 11) is 1.96. The van der Waals surface area contributed by atoms with Crippen molar-refractivity contribution in [1.29, 1.82) is 0 Å². The van der Waals surface area contributed by atoms with Gasteiger partial charge in [-0.05, 0) is 52.0 Å². The summed E-state index contributed by atoms with van der Waals surface area (Å²) in [6.45, 7) is 6.19. The molecule has 1 N–H and O–H groups in total. The van der Waals surface area contributed by atoms with Gasteiger partial charge in [-0.25, -0.2) is 15.0 Å². The second kappa shape index (κ2) is 8.27. The number of anilines is 2. The van der Waals surface area contributed by atoms with Crippen LogP contribution in [0.4, 0.5) is 10.9 Å². The predicted octanol–water partition coefficient (Wildman–Crippen LogP) is 4.06. The van der Waals surface area contributed by atoms with E-state index in [1.54, 1.807) is 6.33 Å². The summed E-state index contributed by atoms with van der Waals surface area (Å²) in [5.41, 5.74) is 3.57. The zero-order chi connectivity index (χ0) is 25.4. The number of fused-ring (bicyclic) bond motifs is 3. The van der Waals surface area contributed by atoms with Gasteiger partial charge in [-0.1, -0.05) is 0 Å². The van der Waals surface area contributed by atoms with Crippen molar-refractivity contribution >= 4 is 56.2 Å². The molecule has 0 unspecified atom stereocenters. The molecule has 2 amide bonds. The summed E-state index contributed by atoms with van der Waals surface area (Å²) in [4.78, 5) is 45.6. The molecule has 0 radical (unpaired) electrons. The maximum Gasteiger partial charge on any atom is 0.273 e. The van der Waals surface area contributed by atoms with Crippen LogP contribution in [0.3, 0.4) is 0 Å². The van der Waals surface area contributed by atoms with Gasteiger partial charge in [0.2, 0.25) is 0 Å². The predicted molar refractivity (Wildman–Crippen MR) is 143 cm³/mol. The van der Waals surface area contributed by atoms with Crippen molar-refractivity contribution in [3.63, 3.8) is 0 Å². The molecular weight excluding hydrogens is 488 g/mol. The minimum atomic E-state index is -0.0154. The lowest BCUT2D eigenvalue weighted by molar-refractivity contribution is 0.0645. The van der Waals surface area contributed by atoms with Crippen LogP contribution < -0.4 is 5.32 Å². The van der Waals surface area contributed by atoms with Gasteiger partial charge in [-0.15, -0.1) is 11.3 Å². The summed E-state index contributed by atoms with van der Waals surface area (Å²) in [6, 6.07) is 2.76. The highest BCUT2D eigenvalue weighted by Crippen LogP contribution is 2.40. The number of carbonyl (C=O) groups excluding carboxylic acids is 2. The lowest BCUT2D eigenvalue weighted by atomic mass is 10.2. The van der Waals surface area contributed by atoms with Gasteiger partial charge < -0.3 is 24.3 Å². The van der Waals surface area contributed by atoms with Crippen molar-refractivity contribution in [3.05, 3.63) is 28.7 Å². The van der Waals surface area contributed by atoms with Gasteiger partial charge in [0.1, 0.15) is 22.6 Å². The van der Waals surface area contributed by atoms with Crippen LogP contribution in [0.1, 0.15) is 64.9 Å². The Morgan fingerprint density at radius 1 is 1.16 bits per heavy atom. The van der Waals surface area contributed by atoms with Crippen LogP contribution in [0, 0.1) is 6.92 Å². The summed E-state index contributed by atoms with van der Waals surface area (Å²) >= 11 is 1.44. The standard InChI is InChI=1S/C26H30N8O2S/c1-4-33-18(24(35)34(15-6-7-15)16-8-9-16)12-17-21-20(27-13-31(21)3)22(29-23(17)33)30-26-28-19(14(2)37-26)25(36)32-10-5-11-32/h12-13,15-16H,4-11H2,1-3H3,(H,28,29,30). The molecule has 3 fully saturated rings. The van der Waals surface area contributed by atoms with E-state index in [1.807, 2.05) is 34.1 Å². The van der Waals surface area contributed by atoms with Crippen molar-refractivity contribution in [2.24, 2.45) is 7.05 Å². The molecule has 1 saturated heterocycles. The number of amides is 2. The summed E-state index contributed by atoms with van der Waals surface area (Å²) < 4.78 is 4.00. The van der Waals surface area contributed by atoms with Gasteiger partial charge in [0.05, 0.1) is 11.8 Å². The van der Waals surface area contributed by atoms with Gasteiger partial charge in [-0.3, -0.25) is 9.59 Å². The van der Waals surface area contributed by atoms with Crippen molar-refractivity contribution in [2.75, 3.05) is 18.4 Å². The quantitative estimate of drug-likeness (QED) is 0.396. The maximum atomic E-state index is 13.8. The fourth-order valence-corrected chi connectivity index (χ4v) is 6.19. The van der Waals surface area contributed by atoms with E-state index in [4.69, 9.17) is 4.98 Å². The van der Waals surface area contributed by atoms with Crippen LogP contribution in [0.25, 0.3) is 22.1 Å². The number of hydrogen-bond acceptors (Lipinski definition) is 7.